The van der Waals surface area contributed by atoms with Crippen LogP contribution in [0.25, 0.3) is 0 Å². The van der Waals surface area contributed by atoms with E-state index in [2.05, 4.69) is 22.6 Å². The van der Waals surface area contributed by atoms with Crippen LogP contribution in [0.2, 0.25) is 0 Å². The Balaban J connectivity index is 1.55. The van der Waals surface area contributed by atoms with Crippen LogP contribution in [0.4, 0.5) is 0 Å². The van der Waals surface area contributed by atoms with Gasteiger partial charge in [-0.25, -0.2) is 0 Å². The number of carbonyl (C=O) groups is 1. The van der Waals surface area contributed by atoms with Crippen molar-refractivity contribution in [2.45, 2.75) is 37.8 Å². The number of amides is 1. The van der Waals surface area contributed by atoms with Crippen molar-refractivity contribution in [2.24, 2.45) is 0 Å². The normalized spacial score (nSPS) is 26.4. The maximum atomic E-state index is 11.7. The summed E-state index contributed by atoms with van der Waals surface area (Å²) in [6.07, 6.45) is 4.99. The molecule has 0 aromatic rings. The minimum absolute atomic E-state index is 0.117. The first kappa shape index (κ1) is 13.8. The van der Waals surface area contributed by atoms with Crippen molar-refractivity contribution in [1.29, 1.82) is 0 Å². The number of ether oxygens (including phenoxy) is 1. The largest absolute Gasteiger partial charge is 0.374 e. The monoisotopic (exact) mass is 255 g/mol. The SMILES string of the molecule is CN1CCOC(CNCC(=O)NC2CCCC2)C1. The Morgan fingerprint density at radius 1 is 1.39 bits per heavy atom. The van der Waals surface area contributed by atoms with Gasteiger partial charge in [-0.05, 0) is 19.9 Å². The van der Waals surface area contributed by atoms with E-state index >= 15 is 0 Å². The highest BCUT2D eigenvalue weighted by molar-refractivity contribution is 5.78. The summed E-state index contributed by atoms with van der Waals surface area (Å²) in [6.45, 7) is 3.88. The third-order valence-corrected chi connectivity index (χ3v) is 3.72. The average molecular weight is 255 g/mol. The van der Waals surface area contributed by atoms with E-state index in [4.69, 9.17) is 4.74 Å². The van der Waals surface area contributed by atoms with Gasteiger partial charge in [-0.15, -0.1) is 0 Å². The number of rotatable bonds is 5. The van der Waals surface area contributed by atoms with Gasteiger partial charge in [-0.1, -0.05) is 12.8 Å². The molecule has 0 aromatic carbocycles. The predicted octanol–water partition coefficient (Wildman–Crippen LogP) is -0.0346. The molecule has 1 saturated carbocycles. The number of morpholine rings is 1. The van der Waals surface area contributed by atoms with E-state index in [1.807, 2.05) is 0 Å². The first-order chi connectivity index (χ1) is 8.74. The summed E-state index contributed by atoms with van der Waals surface area (Å²) in [6, 6.07) is 0.413. The molecule has 2 N–H and O–H groups in total. The molecule has 1 heterocycles. The molecule has 18 heavy (non-hydrogen) atoms. The third kappa shape index (κ3) is 4.55. The lowest BCUT2D eigenvalue weighted by Crippen LogP contribution is -2.47. The van der Waals surface area contributed by atoms with E-state index in [9.17, 15) is 4.79 Å². The van der Waals surface area contributed by atoms with Crippen molar-refractivity contribution in [1.82, 2.24) is 15.5 Å². The molecule has 104 valence electrons. The summed E-state index contributed by atoms with van der Waals surface area (Å²) < 4.78 is 5.63. The van der Waals surface area contributed by atoms with Crippen LogP contribution in [-0.4, -0.2) is 62.8 Å². The zero-order valence-electron chi connectivity index (χ0n) is 11.3. The van der Waals surface area contributed by atoms with Crippen LogP contribution < -0.4 is 10.6 Å². The number of hydrogen-bond donors (Lipinski definition) is 2. The Labute approximate surface area is 109 Å². The predicted molar refractivity (Wildman–Crippen MR) is 70.5 cm³/mol. The summed E-state index contributed by atoms with van der Waals surface area (Å²) in [5.74, 6) is 0.117. The first-order valence-electron chi connectivity index (χ1n) is 7.04. The Hall–Kier alpha value is -0.650. The number of hydrogen-bond acceptors (Lipinski definition) is 4. The van der Waals surface area contributed by atoms with E-state index in [0.29, 0.717) is 12.6 Å². The molecule has 1 saturated heterocycles. The molecule has 2 rings (SSSR count). The molecule has 1 aliphatic heterocycles. The first-order valence-corrected chi connectivity index (χ1v) is 7.04. The molecule has 2 fully saturated rings. The lowest BCUT2D eigenvalue weighted by Gasteiger charge is -2.30. The van der Waals surface area contributed by atoms with Crippen LogP contribution in [0.3, 0.4) is 0 Å². The molecule has 1 unspecified atom stereocenters. The Morgan fingerprint density at radius 3 is 2.89 bits per heavy atom. The molecule has 1 amide bonds. The van der Waals surface area contributed by atoms with Crippen molar-refractivity contribution in [2.75, 3.05) is 39.8 Å². The van der Waals surface area contributed by atoms with Gasteiger partial charge in [0.1, 0.15) is 0 Å². The molecular formula is C13H25N3O2. The second kappa shape index (κ2) is 7.07. The minimum atomic E-state index is 0.117. The van der Waals surface area contributed by atoms with Crippen LogP contribution in [-0.2, 0) is 9.53 Å². The Morgan fingerprint density at radius 2 is 2.17 bits per heavy atom. The van der Waals surface area contributed by atoms with Gasteiger partial charge in [0.2, 0.25) is 5.91 Å². The lowest BCUT2D eigenvalue weighted by atomic mass is 10.2. The van der Waals surface area contributed by atoms with Crippen LogP contribution >= 0.6 is 0 Å². The molecule has 5 nitrogen and oxygen atoms in total. The molecule has 1 aliphatic carbocycles. The van der Waals surface area contributed by atoms with Gasteiger partial charge in [0.15, 0.2) is 0 Å². The molecule has 5 heteroatoms. The van der Waals surface area contributed by atoms with Crippen LogP contribution in [0.1, 0.15) is 25.7 Å². The molecule has 0 aromatic heterocycles. The summed E-state index contributed by atoms with van der Waals surface area (Å²) in [4.78, 5) is 13.9. The summed E-state index contributed by atoms with van der Waals surface area (Å²) in [5.41, 5.74) is 0. The Kier molecular flexibility index (Phi) is 5.41. The van der Waals surface area contributed by atoms with Crippen LogP contribution in [0.15, 0.2) is 0 Å². The van der Waals surface area contributed by atoms with Gasteiger partial charge in [0.05, 0.1) is 19.3 Å². The Bertz CT molecular complexity index is 267. The number of carbonyl (C=O) groups excluding carboxylic acids is 1. The van der Waals surface area contributed by atoms with Gasteiger partial charge in [0, 0.05) is 25.7 Å². The van der Waals surface area contributed by atoms with E-state index in [0.717, 1.165) is 39.1 Å². The number of nitrogens with zero attached hydrogens (tertiary/aromatic N) is 1. The molecule has 2 aliphatic rings. The fourth-order valence-corrected chi connectivity index (χ4v) is 2.69. The quantitative estimate of drug-likeness (QED) is 0.724. The summed E-state index contributed by atoms with van der Waals surface area (Å²) >= 11 is 0. The zero-order chi connectivity index (χ0) is 12.8. The van der Waals surface area contributed by atoms with Gasteiger partial charge >= 0.3 is 0 Å². The third-order valence-electron chi connectivity index (χ3n) is 3.72. The lowest BCUT2D eigenvalue weighted by molar-refractivity contribution is -0.121. The van der Waals surface area contributed by atoms with Gasteiger partial charge in [-0.2, -0.15) is 0 Å². The van der Waals surface area contributed by atoms with E-state index < -0.39 is 0 Å². The molecule has 0 radical (unpaired) electrons. The van der Waals surface area contributed by atoms with E-state index in [-0.39, 0.29) is 12.0 Å². The van der Waals surface area contributed by atoms with Crippen molar-refractivity contribution >= 4 is 5.91 Å². The highest BCUT2D eigenvalue weighted by Crippen LogP contribution is 2.17. The zero-order valence-corrected chi connectivity index (χ0v) is 11.3. The van der Waals surface area contributed by atoms with E-state index in [1.165, 1.54) is 12.8 Å². The minimum Gasteiger partial charge on any atom is -0.374 e. The second-order valence-electron chi connectivity index (χ2n) is 5.43. The number of nitrogens with one attached hydrogen (secondary N) is 2. The maximum Gasteiger partial charge on any atom is 0.234 e. The summed E-state index contributed by atoms with van der Waals surface area (Å²) in [5, 5.41) is 6.26. The summed E-state index contributed by atoms with van der Waals surface area (Å²) in [7, 11) is 2.10. The van der Waals surface area contributed by atoms with Crippen LogP contribution in [0, 0.1) is 0 Å². The molecule has 0 spiro atoms. The molecular weight excluding hydrogens is 230 g/mol. The van der Waals surface area contributed by atoms with Gasteiger partial charge in [0.25, 0.3) is 0 Å². The van der Waals surface area contributed by atoms with Crippen molar-refractivity contribution in [3.63, 3.8) is 0 Å². The fourth-order valence-electron chi connectivity index (χ4n) is 2.69. The van der Waals surface area contributed by atoms with Crippen molar-refractivity contribution in [3.8, 4) is 0 Å². The molecule has 1 atom stereocenters. The topological polar surface area (TPSA) is 53.6 Å². The highest BCUT2D eigenvalue weighted by atomic mass is 16.5. The van der Waals surface area contributed by atoms with Gasteiger partial charge < -0.3 is 20.3 Å². The second-order valence-corrected chi connectivity index (χ2v) is 5.43. The van der Waals surface area contributed by atoms with Crippen molar-refractivity contribution in [3.05, 3.63) is 0 Å². The van der Waals surface area contributed by atoms with Crippen molar-refractivity contribution < 1.29 is 9.53 Å². The standard InChI is InChI=1S/C13H25N3O2/c1-16-6-7-18-12(10-16)8-14-9-13(17)15-11-4-2-3-5-11/h11-12,14H,2-10H2,1H3,(H,15,17). The molecule has 0 bridgehead atoms. The maximum absolute atomic E-state index is 11.7. The fraction of sp³-hybridized carbons (Fsp3) is 0.923. The van der Waals surface area contributed by atoms with Gasteiger partial charge in [-0.3, -0.25) is 4.79 Å². The van der Waals surface area contributed by atoms with E-state index in [1.54, 1.807) is 0 Å². The highest BCUT2D eigenvalue weighted by Gasteiger charge is 2.19. The smallest absolute Gasteiger partial charge is 0.234 e. The van der Waals surface area contributed by atoms with Crippen LogP contribution in [0.5, 0.6) is 0 Å². The average Bonchev–Trinajstić information content (AvgIpc) is 2.82. The number of likely N-dealkylation sites (N-methyl/N-ethyl adjacent to an activating group) is 1.